The molecular weight excluding hydrogens is 264 g/mol. The summed E-state index contributed by atoms with van der Waals surface area (Å²) in [5, 5.41) is 0. The normalized spacial score (nSPS) is 22.4. The van der Waals surface area contributed by atoms with Crippen LogP contribution in [0.25, 0.3) is 0 Å². The van der Waals surface area contributed by atoms with Crippen LogP contribution in [0.3, 0.4) is 0 Å². The average Bonchev–Trinajstić information content (AvgIpc) is 2.80. The zero-order valence-corrected chi connectivity index (χ0v) is 13.2. The van der Waals surface area contributed by atoms with Gasteiger partial charge in [0.15, 0.2) is 0 Å². The van der Waals surface area contributed by atoms with Crippen molar-refractivity contribution in [3.63, 3.8) is 0 Å². The van der Waals surface area contributed by atoms with E-state index in [0.29, 0.717) is 19.2 Å². The van der Waals surface area contributed by atoms with E-state index in [4.69, 9.17) is 10.5 Å². The number of nitrogens with zero attached hydrogens (tertiary/aromatic N) is 1. The lowest BCUT2D eigenvalue weighted by Gasteiger charge is -2.32. The molecule has 19 heavy (non-hydrogen) atoms. The van der Waals surface area contributed by atoms with E-state index in [0.717, 1.165) is 32.1 Å². The van der Waals surface area contributed by atoms with E-state index in [1.807, 2.05) is 4.90 Å². The molecule has 4 nitrogen and oxygen atoms in total. The summed E-state index contributed by atoms with van der Waals surface area (Å²) in [6.07, 6.45) is 4.79. The summed E-state index contributed by atoms with van der Waals surface area (Å²) in [6.45, 7) is 5.59. The van der Waals surface area contributed by atoms with Crippen LogP contribution >= 0.6 is 12.4 Å². The fraction of sp³-hybridized carbons (Fsp3) is 0.929. The standard InChI is InChI=1S/C14H28N2O2.ClH/c1-4-13(5-2)16(8-9-18-3)14(17)11-6-7-12(15)10-11;/h11-13H,4-10,15H2,1-3H3;1H. The van der Waals surface area contributed by atoms with Crippen molar-refractivity contribution in [1.29, 1.82) is 0 Å². The van der Waals surface area contributed by atoms with Crippen molar-refractivity contribution in [1.82, 2.24) is 4.90 Å². The molecule has 0 heterocycles. The van der Waals surface area contributed by atoms with Gasteiger partial charge in [-0.1, -0.05) is 13.8 Å². The highest BCUT2D eigenvalue weighted by Gasteiger charge is 2.32. The summed E-state index contributed by atoms with van der Waals surface area (Å²) in [7, 11) is 1.68. The van der Waals surface area contributed by atoms with Crippen LogP contribution in [0.5, 0.6) is 0 Å². The molecule has 0 aromatic heterocycles. The van der Waals surface area contributed by atoms with Crippen LogP contribution in [0.1, 0.15) is 46.0 Å². The molecule has 2 atom stereocenters. The number of carbonyl (C=O) groups excluding carboxylic acids is 1. The first-order valence-corrected chi connectivity index (χ1v) is 7.18. The molecule has 0 aromatic carbocycles. The Hall–Kier alpha value is -0.320. The van der Waals surface area contributed by atoms with Gasteiger partial charge in [-0.3, -0.25) is 4.79 Å². The Bertz CT molecular complexity index is 260. The van der Waals surface area contributed by atoms with E-state index in [-0.39, 0.29) is 30.3 Å². The lowest BCUT2D eigenvalue weighted by atomic mass is 10.0. The van der Waals surface area contributed by atoms with Crippen LogP contribution in [0.15, 0.2) is 0 Å². The van der Waals surface area contributed by atoms with Crippen molar-refractivity contribution in [3.8, 4) is 0 Å². The number of carbonyl (C=O) groups is 1. The van der Waals surface area contributed by atoms with Gasteiger partial charge in [-0.15, -0.1) is 12.4 Å². The van der Waals surface area contributed by atoms with Gasteiger partial charge in [0, 0.05) is 31.7 Å². The van der Waals surface area contributed by atoms with E-state index in [9.17, 15) is 4.79 Å². The number of nitrogens with two attached hydrogens (primary N) is 1. The predicted octanol–water partition coefficient (Wildman–Crippen LogP) is 2.20. The summed E-state index contributed by atoms with van der Waals surface area (Å²) >= 11 is 0. The minimum Gasteiger partial charge on any atom is -0.383 e. The molecule has 2 unspecified atom stereocenters. The topological polar surface area (TPSA) is 55.6 Å². The van der Waals surface area contributed by atoms with Crippen molar-refractivity contribution in [2.45, 2.75) is 58.0 Å². The molecule has 1 aliphatic rings. The lowest BCUT2D eigenvalue weighted by Crippen LogP contribution is -2.44. The lowest BCUT2D eigenvalue weighted by molar-refractivity contribution is -0.138. The largest absolute Gasteiger partial charge is 0.383 e. The minimum atomic E-state index is 0. The van der Waals surface area contributed by atoms with Crippen molar-refractivity contribution >= 4 is 18.3 Å². The van der Waals surface area contributed by atoms with Gasteiger partial charge in [0.25, 0.3) is 0 Å². The number of ether oxygens (including phenoxy) is 1. The van der Waals surface area contributed by atoms with Crippen LogP contribution in [0, 0.1) is 5.92 Å². The number of hydrogen-bond donors (Lipinski definition) is 1. The summed E-state index contributed by atoms with van der Waals surface area (Å²) in [6, 6.07) is 0.550. The van der Waals surface area contributed by atoms with E-state index < -0.39 is 0 Å². The van der Waals surface area contributed by atoms with E-state index >= 15 is 0 Å². The number of amides is 1. The average molecular weight is 293 g/mol. The third-order valence-corrected chi connectivity index (χ3v) is 4.03. The van der Waals surface area contributed by atoms with Crippen LogP contribution in [-0.2, 0) is 9.53 Å². The van der Waals surface area contributed by atoms with Crippen LogP contribution in [0.4, 0.5) is 0 Å². The molecule has 0 aliphatic heterocycles. The number of rotatable bonds is 7. The number of halogens is 1. The summed E-state index contributed by atoms with van der Waals surface area (Å²) < 4.78 is 5.13. The molecule has 1 fully saturated rings. The Kier molecular flexibility index (Phi) is 9.40. The maximum Gasteiger partial charge on any atom is 0.226 e. The SMILES string of the molecule is CCC(CC)N(CCOC)C(=O)C1CCC(N)C1.Cl. The van der Waals surface area contributed by atoms with Crippen molar-refractivity contribution in [2.24, 2.45) is 11.7 Å². The first-order chi connectivity index (χ1) is 8.63. The summed E-state index contributed by atoms with van der Waals surface area (Å²) in [5.74, 6) is 0.422. The Labute approximate surface area is 123 Å². The monoisotopic (exact) mass is 292 g/mol. The minimum absolute atomic E-state index is 0. The summed E-state index contributed by atoms with van der Waals surface area (Å²) in [4.78, 5) is 14.6. The zero-order chi connectivity index (χ0) is 13.5. The van der Waals surface area contributed by atoms with Gasteiger partial charge in [0.2, 0.25) is 5.91 Å². The Morgan fingerprint density at radius 2 is 2.00 bits per heavy atom. The Balaban J connectivity index is 0.00000324. The molecule has 5 heteroatoms. The second kappa shape index (κ2) is 9.56. The highest BCUT2D eigenvalue weighted by atomic mass is 35.5. The van der Waals surface area contributed by atoms with E-state index in [2.05, 4.69) is 13.8 Å². The third-order valence-electron chi connectivity index (χ3n) is 4.03. The van der Waals surface area contributed by atoms with Gasteiger partial charge in [0.1, 0.15) is 0 Å². The van der Waals surface area contributed by atoms with Crippen LogP contribution < -0.4 is 5.73 Å². The van der Waals surface area contributed by atoms with Gasteiger partial charge >= 0.3 is 0 Å². The molecule has 0 saturated heterocycles. The fourth-order valence-electron chi connectivity index (χ4n) is 2.87. The fourth-order valence-corrected chi connectivity index (χ4v) is 2.87. The van der Waals surface area contributed by atoms with Crippen molar-refractivity contribution in [3.05, 3.63) is 0 Å². The molecule has 1 rings (SSSR count). The maximum absolute atomic E-state index is 12.6. The molecular formula is C14H29ClN2O2. The van der Waals surface area contributed by atoms with Gasteiger partial charge in [-0.05, 0) is 32.1 Å². The molecule has 0 spiro atoms. The second-order valence-electron chi connectivity index (χ2n) is 5.26. The molecule has 2 N–H and O–H groups in total. The highest BCUT2D eigenvalue weighted by molar-refractivity contribution is 5.85. The quantitative estimate of drug-likeness (QED) is 0.783. The summed E-state index contributed by atoms with van der Waals surface area (Å²) in [5.41, 5.74) is 5.91. The molecule has 114 valence electrons. The predicted molar refractivity (Wildman–Crippen MR) is 80.5 cm³/mol. The maximum atomic E-state index is 12.6. The molecule has 0 bridgehead atoms. The third kappa shape index (κ3) is 5.28. The van der Waals surface area contributed by atoms with Gasteiger partial charge < -0.3 is 15.4 Å². The molecule has 1 amide bonds. The molecule has 0 aromatic rings. The second-order valence-corrected chi connectivity index (χ2v) is 5.26. The smallest absolute Gasteiger partial charge is 0.226 e. The zero-order valence-electron chi connectivity index (χ0n) is 12.4. The first kappa shape index (κ1) is 18.7. The van der Waals surface area contributed by atoms with Crippen molar-refractivity contribution in [2.75, 3.05) is 20.3 Å². The molecule has 1 aliphatic carbocycles. The first-order valence-electron chi connectivity index (χ1n) is 7.18. The van der Waals surface area contributed by atoms with Crippen molar-refractivity contribution < 1.29 is 9.53 Å². The van der Waals surface area contributed by atoms with Gasteiger partial charge in [0.05, 0.1) is 6.61 Å². The van der Waals surface area contributed by atoms with Gasteiger partial charge in [-0.25, -0.2) is 0 Å². The van der Waals surface area contributed by atoms with E-state index in [1.54, 1.807) is 7.11 Å². The van der Waals surface area contributed by atoms with E-state index in [1.165, 1.54) is 0 Å². The van der Waals surface area contributed by atoms with Gasteiger partial charge in [-0.2, -0.15) is 0 Å². The Morgan fingerprint density at radius 1 is 1.37 bits per heavy atom. The molecule has 1 saturated carbocycles. The molecule has 0 radical (unpaired) electrons. The number of methoxy groups -OCH3 is 1. The highest BCUT2D eigenvalue weighted by Crippen LogP contribution is 2.27. The Morgan fingerprint density at radius 3 is 2.42 bits per heavy atom. The van der Waals surface area contributed by atoms with Crippen LogP contribution in [0.2, 0.25) is 0 Å². The number of hydrogen-bond acceptors (Lipinski definition) is 3. The van der Waals surface area contributed by atoms with Crippen LogP contribution in [-0.4, -0.2) is 43.2 Å².